The lowest BCUT2D eigenvalue weighted by molar-refractivity contribution is -0.118. The van der Waals surface area contributed by atoms with Crippen LogP contribution in [0.1, 0.15) is 12.8 Å². The van der Waals surface area contributed by atoms with E-state index in [1.807, 2.05) is 0 Å². The molecule has 64 valence electrons. The Labute approximate surface area is 65.9 Å². The van der Waals surface area contributed by atoms with Crippen LogP contribution in [0.3, 0.4) is 0 Å². The summed E-state index contributed by atoms with van der Waals surface area (Å²) in [4.78, 5) is 13.9. The molecule has 0 radical (unpaired) electrons. The molecule has 5 N–H and O–H groups in total. The second kappa shape index (κ2) is 5.52. The number of nitrogens with one attached hydrogen (secondary N) is 1. The van der Waals surface area contributed by atoms with Crippen molar-refractivity contribution in [3.63, 3.8) is 0 Å². The number of amides is 1. The van der Waals surface area contributed by atoms with Crippen LogP contribution in [0.15, 0.2) is 4.99 Å². The Morgan fingerprint density at radius 1 is 1.55 bits per heavy atom. The third-order valence-electron chi connectivity index (χ3n) is 1.15. The number of carbonyl (C=O) groups is 1. The van der Waals surface area contributed by atoms with Gasteiger partial charge in [0.1, 0.15) is 0 Å². The van der Waals surface area contributed by atoms with Gasteiger partial charge in [-0.2, -0.15) is 0 Å². The molecular formula is C6H14N4O. The Morgan fingerprint density at radius 3 is 2.64 bits per heavy atom. The summed E-state index contributed by atoms with van der Waals surface area (Å²) in [5.41, 5.74) is 10.2. The molecule has 0 bridgehead atoms. The van der Waals surface area contributed by atoms with Crippen LogP contribution < -0.4 is 16.8 Å². The van der Waals surface area contributed by atoms with Gasteiger partial charge in [0, 0.05) is 20.0 Å². The molecule has 0 aromatic rings. The highest BCUT2D eigenvalue weighted by molar-refractivity contribution is 5.77. The molecule has 0 saturated carbocycles. The minimum absolute atomic E-state index is 0.293. The van der Waals surface area contributed by atoms with E-state index in [2.05, 4.69) is 10.3 Å². The Morgan fingerprint density at radius 2 is 2.18 bits per heavy atom. The van der Waals surface area contributed by atoms with Gasteiger partial charge in [-0.1, -0.05) is 0 Å². The molecule has 0 aliphatic rings. The number of hydrogen-bond acceptors (Lipinski definition) is 2. The van der Waals surface area contributed by atoms with Gasteiger partial charge < -0.3 is 16.8 Å². The zero-order valence-corrected chi connectivity index (χ0v) is 6.63. The topological polar surface area (TPSA) is 93.5 Å². The minimum atomic E-state index is -0.293. The lowest BCUT2D eigenvalue weighted by atomic mass is 10.3. The molecule has 0 aliphatic carbocycles. The predicted octanol–water partition coefficient (Wildman–Crippen LogP) is -1.21. The Bertz CT molecular complexity index is 155. The Kier molecular flexibility index (Phi) is 4.89. The highest BCUT2D eigenvalue weighted by Crippen LogP contribution is 1.83. The molecule has 0 rings (SSSR count). The van der Waals surface area contributed by atoms with E-state index in [0.29, 0.717) is 25.3 Å². The van der Waals surface area contributed by atoms with E-state index in [-0.39, 0.29) is 5.91 Å². The number of aliphatic imine (C=N–C) groups is 1. The van der Waals surface area contributed by atoms with E-state index in [1.165, 1.54) is 0 Å². The molecule has 0 aromatic carbocycles. The fourth-order valence-electron chi connectivity index (χ4n) is 0.558. The molecule has 0 saturated heterocycles. The van der Waals surface area contributed by atoms with Crippen molar-refractivity contribution in [3.8, 4) is 0 Å². The summed E-state index contributed by atoms with van der Waals surface area (Å²) in [6.07, 6.45) is 1.07. The van der Waals surface area contributed by atoms with Gasteiger partial charge in [-0.25, -0.2) is 0 Å². The summed E-state index contributed by atoms with van der Waals surface area (Å²) in [6, 6.07) is 0. The van der Waals surface area contributed by atoms with Crippen LogP contribution in [-0.2, 0) is 4.79 Å². The third-order valence-corrected chi connectivity index (χ3v) is 1.15. The first-order valence-electron chi connectivity index (χ1n) is 3.41. The maximum atomic E-state index is 10.2. The maximum Gasteiger partial charge on any atom is 0.217 e. The first-order valence-corrected chi connectivity index (χ1v) is 3.41. The van der Waals surface area contributed by atoms with Crippen molar-refractivity contribution in [1.29, 1.82) is 0 Å². The number of carbonyl (C=O) groups excluding carboxylic acids is 1. The quantitative estimate of drug-likeness (QED) is 0.272. The number of hydrogen-bond donors (Lipinski definition) is 3. The molecule has 0 atom stereocenters. The van der Waals surface area contributed by atoms with Crippen LogP contribution in [-0.4, -0.2) is 25.5 Å². The van der Waals surface area contributed by atoms with Crippen LogP contribution in [0, 0.1) is 0 Å². The van der Waals surface area contributed by atoms with Crippen LogP contribution in [0.5, 0.6) is 0 Å². The lowest BCUT2D eigenvalue weighted by Gasteiger charge is -2.01. The summed E-state index contributed by atoms with van der Waals surface area (Å²) in [7, 11) is 1.59. The molecule has 5 heteroatoms. The zero-order chi connectivity index (χ0) is 8.69. The largest absolute Gasteiger partial charge is 0.370 e. The number of nitrogens with zero attached hydrogens (tertiary/aromatic N) is 1. The van der Waals surface area contributed by atoms with E-state index in [0.717, 1.165) is 0 Å². The van der Waals surface area contributed by atoms with E-state index in [9.17, 15) is 4.79 Å². The van der Waals surface area contributed by atoms with Crippen molar-refractivity contribution >= 4 is 11.9 Å². The summed E-state index contributed by atoms with van der Waals surface area (Å²) >= 11 is 0. The average Bonchev–Trinajstić information content (AvgIpc) is 1.97. The highest BCUT2D eigenvalue weighted by atomic mass is 16.1. The molecular weight excluding hydrogens is 144 g/mol. The molecule has 11 heavy (non-hydrogen) atoms. The van der Waals surface area contributed by atoms with Crippen molar-refractivity contribution in [2.75, 3.05) is 13.6 Å². The maximum absolute atomic E-state index is 10.2. The third kappa shape index (κ3) is 6.63. The standard InChI is InChI=1S/C6H14N4O/c1-9-6(8)10-4-2-3-5(7)11/h2-4H2,1H3,(H2,7,11)(H3,8,9,10). The highest BCUT2D eigenvalue weighted by Gasteiger charge is 1.93. The fourth-order valence-corrected chi connectivity index (χ4v) is 0.558. The second-order valence-corrected chi connectivity index (χ2v) is 2.11. The second-order valence-electron chi connectivity index (χ2n) is 2.11. The smallest absolute Gasteiger partial charge is 0.217 e. The molecule has 0 aliphatic heterocycles. The van der Waals surface area contributed by atoms with Crippen molar-refractivity contribution < 1.29 is 4.79 Å². The van der Waals surface area contributed by atoms with Gasteiger partial charge in [0.05, 0.1) is 0 Å². The number of nitrogens with two attached hydrogens (primary N) is 2. The van der Waals surface area contributed by atoms with Crippen LogP contribution in [0.2, 0.25) is 0 Å². The van der Waals surface area contributed by atoms with Crippen molar-refractivity contribution in [2.45, 2.75) is 12.8 Å². The van der Waals surface area contributed by atoms with Crippen molar-refractivity contribution in [1.82, 2.24) is 5.32 Å². The van der Waals surface area contributed by atoms with Crippen LogP contribution in [0.4, 0.5) is 0 Å². The van der Waals surface area contributed by atoms with E-state index in [4.69, 9.17) is 11.5 Å². The summed E-state index contributed by atoms with van der Waals surface area (Å²) in [6.45, 7) is 0.631. The van der Waals surface area contributed by atoms with Gasteiger partial charge in [-0.3, -0.25) is 9.79 Å². The van der Waals surface area contributed by atoms with E-state index in [1.54, 1.807) is 7.05 Å². The normalized spacial score (nSPS) is 11.2. The predicted molar refractivity (Wildman–Crippen MR) is 44.0 cm³/mol. The molecule has 1 amide bonds. The van der Waals surface area contributed by atoms with Crippen LogP contribution >= 0.6 is 0 Å². The molecule has 0 aromatic heterocycles. The SMILES string of the molecule is CN=C(N)NCCCC(N)=O. The van der Waals surface area contributed by atoms with Gasteiger partial charge in [0.15, 0.2) is 5.96 Å². The molecule has 0 heterocycles. The van der Waals surface area contributed by atoms with Gasteiger partial charge in [0.25, 0.3) is 0 Å². The van der Waals surface area contributed by atoms with Gasteiger partial charge in [0.2, 0.25) is 5.91 Å². The summed E-state index contributed by atoms with van der Waals surface area (Å²) in [5.74, 6) is 0.0910. The van der Waals surface area contributed by atoms with Crippen LogP contribution in [0.25, 0.3) is 0 Å². The molecule has 5 nitrogen and oxygen atoms in total. The summed E-state index contributed by atoms with van der Waals surface area (Å²) < 4.78 is 0. The number of primary amides is 1. The first-order chi connectivity index (χ1) is 5.16. The number of rotatable bonds is 4. The zero-order valence-electron chi connectivity index (χ0n) is 6.63. The van der Waals surface area contributed by atoms with Gasteiger partial charge in [-0.05, 0) is 6.42 Å². The lowest BCUT2D eigenvalue weighted by Crippen LogP contribution is -2.32. The fraction of sp³-hybridized carbons (Fsp3) is 0.667. The van der Waals surface area contributed by atoms with Crippen molar-refractivity contribution in [2.24, 2.45) is 16.5 Å². The minimum Gasteiger partial charge on any atom is -0.370 e. The molecule has 0 unspecified atom stereocenters. The molecule has 0 fully saturated rings. The van der Waals surface area contributed by atoms with Gasteiger partial charge >= 0.3 is 0 Å². The Hall–Kier alpha value is -1.26. The first kappa shape index (κ1) is 9.74. The van der Waals surface area contributed by atoms with E-state index >= 15 is 0 Å². The average molecular weight is 158 g/mol. The number of guanidine groups is 1. The Balaban J connectivity index is 3.21. The summed E-state index contributed by atoms with van der Waals surface area (Å²) in [5, 5.41) is 2.81. The molecule has 0 spiro atoms. The van der Waals surface area contributed by atoms with Gasteiger partial charge in [-0.15, -0.1) is 0 Å². The van der Waals surface area contributed by atoms with Crippen molar-refractivity contribution in [3.05, 3.63) is 0 Å². The monoisotopic (exact) mass is 158 g/mol. The van der Waals surface area contributed by atoms with E-state index < -0.39 is 0 Å².